The average Bonchev–Trinajstić information content (AvgIpc) is 2.52. The van der Waals surface area contributed by atoms with Crippen molar-refractivity contribution in [2.24, 2.45) is 0 Å². The fraction of sp³-hybridized carbons (Fsp3) is 0.500. The van der Waals surface area contributed by atoms with Gasteiger partial charge in [0, 0.05) is 43.8 Å². The number of likely N-dealkylation sites (tertiary alicyclic amines) is 1. The van der Waals surface area contributed by atoms with Crippen molar-refractivity contribution in [3.8, 4) is 5.88 Å². The molecule has 1 amide bonds. The van der Waals surface area contributed by atoms with Gasteiger partial charge in [0.15, 0.2) is 12.2 Å². The van der Waals surface area contributed by atoms with E-state index in [0.29, 0.717) is 0 Å². The van der Waals surface area contributed by atoms with Crippen molar-refractivity contribution >= 4 is 11.9 Å². The van der Waals surface area contributed by atoms with Gasteiger partial charge in [-0.25, -0.2) is 9.78 Å². The van der Waals surface area contributed by atoms with Crippen LogP contribution in [0.1, 0.15) is 23.2 Å². The van der Waals surface area contributed by atoms with Crippen LogP contribution in [0.3, 0.4) is 0 Å². The number of amides is 1. The number of carbonyl (C=O) groups excluding carboxylic acids is 1. The zero-order chi connectivity index (χ0) is 18.0. The van der Waals surface area contributed by atoms with E-state index in [0.717, 1.165) is 12.3 Å². The van der Waals surface area contributed by atoms with E-state index in [1.807, 2.05) is 0 Å². The number of aliphatic hydroxyl groups is 1. The van der Waals surface area contributed by atoms with Gasteiger partial charge in [-0.2, -0.15) is 13.2 Å². The standard InChI is InChI=1S/C14H15F3N2O5/c15-14(16,17)8-24-10-7-9(1-4-18-10)11(20)19-5-2-13(23,3-6-19)12(21)22/h1,4,7,23H,2-3,5-6,8H2,(H,21,22). The summed E-state index contributed by atoms with van der Waals surface area (Å²) in [5.74, 6) is -2.18. The Morgan fingerprint density at radius 1 is 1.33 bits per heavy atom. The number of carboxylic acid groups (broad SMARTS) is 1. The van der Waals surface area contributed by atoms with Crippen LogP contribution < -0.4 is 4.74 Å². The lowest BCUT2D eigenvalue weighted by Gasteiger charge is -2.35. The number of hydrogen-bond donors (Lipinski definition) is 2. The molecule has 1 aliphatic rings. The van der Waals surface area contributed by atoms with E-state index < -0.39 is 30.3 Å². The predicted octanol–water partition coefficient (Wildman–Crippen LogP) is 1.07. The van der Waals surface area contributed by atoms with Gasteiger partial charge in [0.05, 0.1) is 0 Å². The number of hydrogen-bond acceptors (Lipinski definition) is 5. The van der Waals surface area contributed by atoms with Gasteiger partial charge in [-0.1, -0.05) is 0 Å². The molecule has 2 N–H and O–H groups in total. The lowest BCUT2D eigenvalue weighted by molar-refractivity contribution is -0.162. The molecule has 10 heteroatoms. The van der Waals surface area contributed by atoms with Crippen molar-refractivity contribution in [1.29, 1.82) is 0 Å². The molecule has 1 aliphatic heterocycles. The molecule has 0 bridgehead atoms. The number of piperidine rings is 1. The normalized spacial score (nSPS) is 17.4. The number of halogens is 3. The summed E-state index contributed by atoms with van der Waals surface area (Å²) in [5.41, 5.74) is -1.79. The van der Waals surface area contributed by atoms with E-state index in [2.05, 4.69) is 9.72 Å². The number of aliphatic carboxylic acids is 1. The minimum atomic E-state index is -4.52. The summed E-state index contributed by atoms with van der Waals surface area (Å²) >= 11 is 0. The molecular formula is C14H15F3N2O5. The highest BCUT2D eigenvalue weighted by atomic mass is 19.4. The fourth-order valence-corrected chi connectivity index (χ4v) is 2.25. The average molecular weight is 348 g/mol. The summed E-state index contributed by atoms with van der Waals surface area (Å²) in [7, 11) is 0. The first-order valence-electron chi connectivity index (χ1n) is 7.01. The summed E-state index contributed by atoms with van der Waals surface area (Å²) < 4.78 is 40.9. The van der Waals surface area contributed by atoms with Crippen LogP contribution in [0.4, 0.5) is 13.2 Å². The van der Waals surface area contributed by atoms with Crippen LogP contribution >= 0.6 is 0 Å². The van der Waals surface area contributed by atoms with Gasteiger partial charge in [-0.15, -0.1) is 0 Å². The molecule has 0 spiro atoms. The molecule has 7 nitrogen and oxygen atoms in total. The third-order valence-corrected chi connectivity index (χ3v) is 3.64. The molecule has 2 heterocycles. The summed E-state index contributed by atoms with van der Waals surface area (Å²) in [6, 6.07) is 2.41. The number of pyridine rings is 1. The Morgan fingerprint density at radius 2 is 1.96 bits per heavy atom. The SMILES string of the molecule is O=C(c1ccnc(OCC(F)(F)F)c1)N1CCC(O)(C(=O)O)CC1. The Labute approximate surface area is 134 Å². The highest BCUT2D eigenvalue weighted by Crippen LogP contribution is 2.24. The van der Waals surface area contributed by atoms with E-state index in [4.69, 9.17) is 5.11 Å². The molecule has 1 aromatic heterocycles. The van der Waals surface area contributed by atoms with Crippen molar-refractivity contribution in [3.05, 3.63) is 23.9 Å². The van der Waals surface area contributed by atoms with Gasteiger partial charge in [-0.3, -0.25) is 4.79 Å². The van der Waals surface area contributed by atoms with Crippen LogP contribution in [0.25, 0.3) is 0 Å². The first-order valence-corrected chi connectivity index (χ1v) is 7.01. The number of nitrogens with zero attached hydrogens (tertiary/aromatic N) is 2. The molecule has 0 saturated carbocycles. The van der Waals surface area contributed by atoms with E-state index >= 15 is 0 Å². The first-order chi connectivity index (χ1) is 11.1. The number of carbonyl (C=O) groups is 2. The maximum absolute atomic E-state index is 12.3. The zero-order valence-electron chi connectivity index (χ0n) is 12.4. The second kappa shape index (κ2) is 6.63. The Morgan fingerprint density at radius 3 is 2.50 bits per heavy atom. The molecular weight excluding hydrogens is 333 g/mol. The van der Waals surface area contributed by atoms with Gasteiger partial charge < -0.3 is 19.8 Å². The van der Waals surface area contributed by atoms with Gasteiger partial charge >= 0.3 is 12.1 Å². The highest BCUT2D eigenvalue weighted by molar-refractivity contribution is 5.94. The van der Waals surface area contributed by atoms with E-state index in [-0.39, 0.29) is 37.4 Å². The van der Waals surface area contributed by atoms with Crippen molar-refractivity contribution in [1.82, 2.24) is 9.88 Å². The van der Waals surface area contributed by atoms with Crippen LogP contribution in [0, 0.1) is 0 Å². The van der Waals surface area contributed by atoms with Gasteiger partial charge in [-0.05, 0) is 6.07 Å². The number of aromatic nitrogens is 1. The molecule has 0 aliphatic carbocycles. The molecule has 1 aromatic rings. The van der Waals surface area contributed by atoms with Crippen LogP contribution in [0.2, 0.25) is 0 Å². The van der Waals surface area contributed by atoms with Crippen molar-refractivity contribution in [3.63, 3.8) is 0 Å². The van der Waals surface area contributed by atoms with Crippen LogP contribution in [0.5, 0.6) is 5.88 Å². The van der Waals surface area contributed by atoms with E-state index in [1.54, 1.807) is 0 Å². The van der Waals surface area contributed by atoms with E-state index in [9.17, 15) is 27.9 Å². The van der Waals surface area contributed by atoms with Gasteiger partial charge in [0.1, 0.15) is 0 Å². The third-order valence-electron chi connectivity index (χ3n) is 3.64. The van der Waals surface area contributed by atoms with Crippen molar-refractivity contribution < 1.29 is 37.7 Å². The summed E-state index contributed by atoms with van der Waals surface area (Å²) in [6.45, 7) is -1.49. The maximum atomic E-state index is 12.3. The lowest BCUT2D eigenvalue weighted by Crippen LogP contribution is -2.50. The largest absolute Gasteiger partial charge is 0.479 e. The second-order valence-corrected chi connectivity index (χ2v) is 5.42. The molecule has 0 unspecified atom stereocenters. The molecule has 24 heavy (non-hydrogen) atoms. The molecule has 0 aromatic carbocycles. The van der Waals surface area contributed by atoms with Crippen LogP contribution in [0.15, 0.2) is 18.3 Å². The Balaban J connectivity index is 2.02. The molecule has 0 atom stereocenters. The van der Waals surface area contributed by atoms with Gasteiger partial charge in [0.25, 0.3) is 5.91 Å². The van der Waals surface area contributed by atoms with Gasteiger partial charge in [0.2, 0.25) is 5.88 Å². The molecule has 2 rings (SSSR count). The summed E-state index contributed by atoms with van der Waals surface area (Å²) in [6.07, 6.45) is -3.63. The Bertz CT molecular complexity index is 627. The number of alkyl halides is 3. The van der Waals surface area contributed by atoms with Crippen molar-refractivity contribution in [2.75, 3.05) is 19.7 Å². The van der Waals surface area contributed by atoms with Crippen LogP contribution in [-0.2, 0) is 4.79 Å². The maximum Gasteiger partial charge on any atom is 0.422 e. The minimum absolute atomic E-state index is 0.0166. The minimum Gasteiger partial charge on any atom is -0.479 e. The van der Waals surface area contributed by atoms with Crippen LogP contribution in [-0.4, -0.2) is 63.4 Å². The molecule has 1 saturated heterocycles. The van der Waals surface area contributed by atoms with Crippen molar-refractivity contribution in [2.45, 2.75) is 24.6 Å². The number of carboxylic acids is 1. The predicted molar refractivity (Wildman–Crippen MR) is 73.5 cm³/mol. The summed E-state index contributed by atoms with van der Waals surface area (Å²) in [4.78, 5) is 28.2. The third kappa shape index (κ3) is 4.34. The lowest BCUT2D eigenvalue weighted by atomic mass is 9.91. The topological polar surface area (TPSA) is 100.0 Å². The second-order valence-electron chi connectivity index (χ2n) is 5.42. The monoisotopic (exact) mass is 348 g/mol. The smallest absolute Gasteiger partial charge is 0.422 e. The number of ether oxygens (including phenoxy) is 1. The summed E-state index contributed by atoms with van der Waals surface area (Å²) in [5, 5.41) is 18.8. The molecule has 1 fully saturated rings. The Hall–Kier alpha value is -2.36. The molecule has 132 valence electrons. The zero-order valence-corrected chi connectivity index (χ0v) is 12.4. The molecule has 0 radical (unpaired) electrons. The number of rotatable bonds is 4. The Kier molecular flexibility index (Phi) is 4.97. The van der Waals surface area contributed by atoms with E-state index in [1.165, 1.54) is 11.0 Å². The highest BCUT2D eigenvalue weighted by Gasteiger charge is 2.40. The fourth-order valence-electron chi connectivity index (χ4n) is 2.25. The quantitative estimate of drug-likeness (QED) is 0.844. The first kappa shape index (κ1) is 18.0.